The molecule has 3 nitrogen and oxygen atoms in total. The van der Waals surface area contributed by atoms with E-state index in [1.54, 1.807) is 6.20 Å². The molecule has 1 aromatic heterocycles. The molecule has 0 amide bonds. The van der Waals surface area contributed by atoms with E-state index >= 15 is 0 Å². The predicted octanol–water partition coefficient (Wildman–Crippen LogP) is 1.47. The molecular formula is C10H11NO2. The molecule has 1 aliphatic heterocycles. The summed E-state index contributed by atoms with van der Waals surface area (Å²) in [4.78, 5) is 4.14. The van der Waals surface area contributed by atoms with E-state index in [0.29, 0.717) is 13.2 Å². The Morgan fingerprint density at radius 2 is 2.15 bits per heavy atom. The maximum atomic E-state index is 5.24. The monoisotopic (exact) mass is 177 g/mol. The highest BCUT2D eigenvalue weighted by Gasteiger charge is 2.11. The molecule has 0 bridgehead atoms. The third kappa shape index (κ3) is 2.37. The van der Waals surface area contributed by atoms with Crippen LogP contribution in [0.15, 0.2) is 30.5 Å². The molecule has 3 heteroatoms. The van der Waals surface area contributed by atoms with Crippen molar-refractivity contribution in [3.63, 3.8) is 0 Å². The zero-order chi connectivity index (χ0) is 8.93. The second kappa shape index (κ2) is 4.16. The molecule has 2 rings (SSSR count). The van der Waals surface area contributed by atoms with Crippen LogP contribution in [-0.2, 0) is 9.47 Å². The minimum absolute atomic E-state index is 0.193. The minimum atomic E-state index is -0.193. The van der Waals surface area contributed by atoms with Crippen LogP contribution in [-0.4, -0.2) is 24.5 Å². The van der Waals surface area contributed by atoms with Crippen molar-refractivity contribution >= 4 is 6.08 Å². The van der Waals surface area contributed by atoms with Gasteiger partial charge in [0.25, 0.3) is 0 Å². The predicted molar refractivity (Wildman–Crippen MR) is 49.0 cm³/mol. The molecule has 0 spiro atoms. The standard InChI is InChI=1S/C10H11NO2/c1-2-6-11-9(3-1)4-5-10-12-7-8-13-10/h1-6,10H,7-8H2. The van der Waals surface area contributed by atoms with Crippen molar-refractivity contribution in [1.82, 2.24) is 4.98 Å². The fraction of sp³-hybridized carbons (Fsp3) is 0.300. The van der Waals surface area contributed by atoms with Gasteiger partial charge >= 0.3 is 0 Å². The second-order valence-corrected chi connectivity index (χ2v) is 2.72. The number of rotatable bonds is 2. The van der Waals surface area contributed by atoms with E-state index in [1.165, 1.54) is 0 Å². The lowest BCUT2D eigenvalue weighted by atomic mass is 10.3. The van der Waals surface area contributed by atoms with Crippen LogP contribution >= 0.6 is 0 Å². The summed E-state index contributed by atoms with van der Waals surface area (Å²) < 4.78 is 10.5. The van der Waals surface area contributed by atoms with Gasteiger partial charge in [-0.15, -0.1) is 0 Å². The molecule has 1 saturated heterocycles. The van der Waals surface area contributed by atoms with Crippen LogP contribution in [0.2, 0.25) is 0 Å². The fourth-order valence-corrected chi connectivity index (χ4v) is 1.14. The second-order valence-electron chi connectivity index (χ2n) is 2.72. The number of nitrogens with zero attached hydrogens (tertiary/aromatic N) is 1. The first-order chi connectivity index (χ1) is 6.45. The number of ether oxygens (including phenoxy) is 2. The fourth-order valence-electron chi connectivity index (χ4n) is 1.14. The summed E-state index contributed by atoms with van der Waals surface area (Å²) in [7, 11) is 0. The molecule has 0 saturated carbocycles. The number of aromatic nitrogens is 1. The van der Waals surface area contributed by atoms with Crippen LogP contribution in [0.5, 0.6) is 0 Å². The summed E-state index contributed by atoms with van der Waals surface area (Å²) in [5, 5.41) is 0. The molecule has 68 valence electrons. The van der Waals surface area contributed by atoms with Crippen LogP contribution in [0, 0.1) is 0 Å². The molecule has 13 heavy (non-hydrogen) atoms. The van der Waals surface area contributed by atoms with E-state index in [9.17, 15) is 0 Å². The van der Waals surface area contributed by atoms with Gasteiger partial charge in [0.05, 0.1) is 18.9 Å². The van der Waals surface area contributed by atoms with Crippen LogP contribution in [0.3, 0.4) is 0 Å². The molecule has 0 atom stereocenters. The normalized spacial score (nSPS) is 18.5. The molecular weight excluding hydrogens is 166 g/mol. The van der Waals surface area contributed by atoms with Crippen molar-refractivity contribution < 1.29 is 9.47 Å². The third-order valence-electron chi connectivity index (χ3n) is 1.76. The Morgan fingerprint density at radius 3 is 2.85 bits per heavy atom. The minimum Gasteiger partial charge on any atom is -0.347 e. The lowest BCUT2D eigenvalue weighted by molar-refractivity contribution is -0.000917. The maximum Gasteiger partial charge on any atom is 0.177 e. The highest BCUT2D eigenvalue weighted by atomic mass is 16.7. The van der Waals surface area contributed by atoms with Gasteiger partial charge in [-0.25, -0.2) is 0 Å². The Bertz CT molecular complexity index is 278. The van der Waals surface area contributed by atoms with Crippen LogP contribution in [0.1, 0.15) is 5.69 Å². The van der Waals surface area contributed by atoms with Gasteiger partial charge in [0.15, 0.2) is 6.29 Å². The molecule has 0 unspecified atom stereocenters. The van der Waals surface area contributed by atoms with E-state index in [1.807, 2.05) is 30.4 Å². The van der Waals surface area contributed by atoms with Gasteiger partial charge in [-0.3, -0.25) is 4.98 Å². The summed E-state index contributed by atoms with van der Waals surface area (Å²) in [6.07, 6.45) is 5.34. The summed E-state index contributed by atoms with van der Waals surface area (Å²) in [6.45, 7) is 1.36. The zero-order valence-corrected chi connectivity index (χ0v) is 7.22. The highest BCUT2D eigenvalue weighted by molar-refractivity contribution is 5.44. The van der Waals surface area contributed by atoms with Gasteiger partial charge in [-0.2, -0.15) is 0 Å². The third-order valence-corrected chi connectivity index (χ3v) is 1.76. The summed E-state index contributed by atoms with van der Waals surface area (Å²) >= 11 is 0. The summed E-state index contributed by atoms with van der Waals surface area (Å²) in [5.41, 5.74) is 0.918. The molecule has 1 fully saturated rings. The molecule has 0 aliphatic carbocycles. The van der Waals surface area contributed by atoms with Crippen molar-refractivity contribution in [2.75, 3.05) is 13.2 Å². The van der Waals surface area contributed by atoms with Crippen molar-refractivity contribution in [3.8, 4) is 0 Å². The Balaban J connectivity index is 1.97. The van der Waals surface area contributed by atoms with Crippen molar-refractivity contribution in [3.05, 3.63) is 36.2 Å². The number of hydrogen-bond donors (Lipinski definition) is 0. The number of hydrogen-bond acceptors (Lipinski definition) is 3. The van der Waals surface area contributed by atoms with Gasteiger partial charge in [0, 0.05) is 6.20 Å². The first-order valence-electron chi connectivity index (χ1n) is 4.27. The maximum absolute atomic E-state index is 5.24. The SMILES string of the molecule is C(=CC1OCCO1)c1ccccn1. The number of pyridine rings is 1. The van der Waals surface area contributed by atoms with E-state index in [4.69, 9.17) is 9.47 Å². The van der Waals surface area contributed by atoms with Crippen LogP contribution in [0.25, 0.3) is 6.08 Å². The molecule has 1 aliphatic rings. The largest absolute Gasteiger partial charge is 0.347 e. The Labute approximate surface area is 77.0 Å². The topological polar surface area (TPSA) is 31.4 Å². The average molecular weight is 177 g/mol. The highest BCUT2D eigenvalue weighted by Crippen LogP contribution is 2.06. The van der Waals surface area contributed by atoms with E-state index in [2.05, 4.69) is 4.98 Å². The van der Waals surface area contributed by atoms with Gasteiger partial charge in [0.2, 0.25) is 0 Å². The first kappa shape index (κ1) is 8.41. The Morgan fingerprint density at radius 1 is 1.31 bits per heavy atom. The van der Waals surface area contributed by atoms with Gasteiger partial charge in [0.1, 0.15) is 0 Å². The molecule has 0 radical (unpaired) electrons. The van der Waals surface area contributed by atoms with E-state index in [0.717, 1.165) is 5.69 Å². The molecule has 1 aromatic rings. The van der Waals surface area contributed by atoms with E-state index < -0.39 is 0 Å². The zero-order valence-electron chi connectivity index (χ0n) is 7.22. The van der Waals surface area contributed by atoms with Gasteiger partial charge in [-0.05, 0) is 24.3 Å². The van der Waals surface area contributed by atoms with Crippen LogP contribution in [0.4, 0.5) is 0 Å². The first-order valence-corrected chi connectivity index (χ1v) is 4.27. The smallest absolute Gasteiger partial charge is 0.177 e. The van der Waals surface area contributed by atoms with Crippen molar-refractivity contribution in [1.29, 1.82) is 0 Å². The van der Waals surface area contributed by atoms with E-state index in [-0.39, 0.29) is 6.29 Å². The van der Waals surface area contributed by atoms with Crippen LogP contribution < -0.4 is 0 Å². The summed E-state index contributed by atoms with van der Waals surface area (Å²) in [5.74, 6) is 0. The quantitative estimate of drug-likeness (QED) is 0.685. The van der Waals surface area contributed by atoms with Crippen molar-refractivity contribution in [2.24, 2.45) is 0 Å². The molecule has 0 aromatic carbocycles. The van der Waals surface area contributed by atoms with Crippen molar-refractivity contribution in [2.45, 2.75) is 6.29 Å². The molecule has 2 heterocycles. The summed E-state index contributed by atoms with van der Waals surface area (Å²) in [6, 6.07) is 5.77. The molecule has 0 N–H and O–H groups in total. The van der Waals surface area contributed by atoms with Gasteiger partial charge < -0.3 is 9.47 Å². The average Bonchev–Trinajstić information content (AvgIpc) is 2.69. The Kier molecular flexibility index (Phi) is 2.69. The van der Waals surface area contributed by atoms with Gasteiger partial charge in [-0.1, -0.05) is 6.07 Å². The Hall–Kier alpha value is -1.19. The lowest BCUT2D eigenvalue weighted by Crippen LogP contribution is -2.01. The lowest BCUT2D eigenvalue weighted by Gasteiger charge is -2.00.